The SMILES string of the molecule is COCCn1cccc(COC2=NN3C(=NNC3c3cc(C)on3)C=C2OC)c1=O. The van der Waals surface area contributed by atoms with Crippen molar-refractivity contribution in [1.82, 2.24) is 20.2 Å². The summed E-state index contributed by atoms with van der Waals surface area (Å²) < 4.78 is 23.0. The van der Waals surface area contributed by atoms with Crippen molar-refractivity contribution < 1.29 is 18.7 Å². The number of aryl methyl sites for hydroxylation is 1. The number of hydrogen-bond donors (Lipinski definition) is 1. The van der Waals surface area contributed by atoms with Crippen LogP contribution in [-0.2, 0) is 27.4 Å². The molecular weight excluding hydrogens is 392 g/mol. The van der Waals surface area contributed by atoms with Crippen LogP contribution in [0.5, 0.6) is 0 Å². The van der Waals surface area contributed by atoms with E-state index >= 15 is 0 Å². The smallest absolute Gasteiger partial charge is 0.274 e. The summed E-state index contributed by atoms with van der Waals surface area (Å²) >= 11 is 0. The zero-order valence-electron chi connectivity index (χ0n) is 16.9. The lowest BCUT2D eigenvalue weighted by molar-refractivity contribution is 0.185. The van der Waals surface area contributed by atoms with Gasteiger partial charge in [-0.1, -0.05) is 5.16 Å². The molecule has 0 radical (unpaired) electrons. The maximum absolute atomic E-state index is 12.6. The van der Waals surface area contributed by atoms with Gasteiger partial charge in [0, 0.05) is 32.0 Å². The van der Waals surface area contributed by atoms with Gasteiger partial charge in [0.2, 0.25) is 0 Å². The highest BCUT2D eigenvalue weighted by molar-refractivity contribution is 6.05. The number of amidine groups is 1. The number of pyridine rings is 1. The van der Waals surface area contributed by atoms with Gasteiger partial charge in [0.05, 0.1) is 19.3 Å². The number of nitrogens with zero attached hydrogens (tertiary/aromatic N) is 5. The van der Waals surface area contributed by atoms with Crippen molar-refractivity contribution in [3.05, 3.63) is 63.6 Å². The summed E-state index contributed by atoms with van der Waals surface area (Å²) in [6.45, 7) is 2.75. The summed E-state index contributed by atoms with van der Waals surface area (Å²) in [5, 5.41) is 14.4. The van der Waals surface area contributed by atoms with Gasteiger partial charge in [-0.25, -0.2) is 5.01 Å². The second kappa shape index (κ2) is 8.41. The Hall–Kier alpha value is -3.60. The fraction of sp³-hybridized carbons (Fsp3) is 0.368. The predicted octanol–water partition coefficient (Wildman–Crippen LogP) is 1.08. The summed E-state index contributed by atoms with van der Waals surface area (Å²) in [6.07, 6.45) is 2.98. The summed E-state index contributed by atoms with van der Waals surface area (Å²) in [5.74, 6) is 1.86. The van der Waals surface area contributed by atoms with E-state index in [9.17, 15) is 4.79 Å². The summed E-state index contributed by atoms with van der Waals surface area (Å²) in [7, 11) is 3.11. The fourth-order valence-electron chi connectivity index (χ4n) is 3.06. The van der Waals surface area contributed by atoms with Crippen LogP contribution in [0.2, 0.25) is 0 Å². The van der Waals surface area contributed by atoms with Crippen molar-refractivity contribution in [2.24, 2.45) is 10.2 Å². The maximum atomic E-state index is 12.6. The zero-order valence-corrected chi connectivity index (χ0v) is 16.9. The minimum Gasteiger partial charge on any atom is -0.491 e. The van der Waals surface area contributed by atoms with E-state index in [0.29, 0.717) is 41.8 Å². The second-order valence-electron chi connectivity index (χ2n) is 6.64. The van der Waals surface area contributed by atoms with Crippen molar-refractivity contribution in [3.63, 3.8) is 0 Å². The molecule has 30 heavy (non-hydrogen) atoms. The highest BCUT2D eigenvalue weighted by Crippen LogP contribution is 2.27. The van der Waals surface area contributed by atoms with Crippen LogP contribution in [0.3, 0.4) is 0 Å². The molecule has 0 saturated carbocycles. The molecular formula is C19H22N6O5. The average Bonchev–Trinajstić information content (AvgIpc) is 3.36. The first-order valence-corrected chi connectivity index (χ1v) is 9.31. The standard InChI is InChI=1S/C19H22N6O5/c1-12-9-14(23-30-12)17-21-20-16-10-15(28-3)18(22-25(16)17)29-11-13-5-4-6-24(19(13)26)7-8-27-2/h4-6,9-10,17,21H,7-8,11H2,1-3H3. The molecule has 0 bridgehead atoms. The molecule has 2 aromatic heterocycles. The molecule has 2 aromatic rings. The van der Waals surface area contributed by atoms with Crippen LogP contribution in [0.1, 0.15) is 23.2 Å². The number of aromatic nitrogens is 2. The number of hydrogen-bond acceptors (Lipinski definition) is 10. The van der Waals surface area contributed by atoms with E-state index in [1.807, 2.05) is 6.92 Å². The molecule has 4 rings (SSSR count). The maximum Gasteiger partial charge on any atom is 0.274 e. The Morgan fingerprint density at radius 1 is 1.33 bits per heavy atom. The van der Waals surface area contributed by atoms with Crippen LogP contribution in [0.4, 0.5) is 0 Å². The molecule has 1 unspecified atom stereocenters. The van der Waals surface area contributed by atoms with Gasteiger partial charge in [-0.3, -0.25) is 10.2 Å². The Morgan fingerprint density at radius 2 is 2.20 bits per heavy atom. The van der Waals surface area contributed by atoms with E-state index in [1.165, 1.54) is 7.11 Å². The Balaban J connectivity index is 1.54. The Bertz CT molecular complexity index is 1070. The van der Waals surface area contributed by atoms with Gasteiger partial charge in [0.25, 0.3) is 11.5 Å². The quantitative estimate of drug-likeness (QED) is 0.716. The lowest BCUT2D eigenvalue weighted by Gasteiger charge is -2.24. The average molecular weight is 414 g/mol. The molecule has 11 heteroatoms. The monoisotopic (exact) mass is 414 g/mol. The molecule has 2 aliphatic rings. The third-order valence-corrected chi connectivity index (χ3v) is 4.60. The first-order valence-electron chi connectivity index (χ1n) is 9.31. The van der Waals surface area contributed by atoms with Crippen molar-refractivity contribution in [2.45, 2.75) is 26.2 Å². The summed E-state index contributed by atoms with van der Waals surface area (Å²) in [4.78, 5) is 12.6. The molecule has 158 valence electrons. The first kappa shape index (κ1) is 19.7. The van der Waals surface area contributed by atoms with Gasteiger partial charge in [0.1, 0.15) is 18.1 Å². The van der Waals surface area contributed by atoms with Crippen molar-refractivity contribution >= 4 is 11.7 Å². The topological polar surface area (TPSA) is 116 Å². The minimum atomic E-state index is -0.436. The minimum absolute atomic E-state index is 0.0354. The molecule has 4 heterocycles. The fourth-order valence-corrected chi connectivity index (χ4v) is 3.06. The first-order chi connectivity index (χ1) is 14.6. The molecule has 11 nitrogen and oxygen atoms in total. The largest absolute Gasteiger partial charge is 0.491 e. The van der Waals surface area contributed by atoms with E-state index in [4.69, 9.17) is 18.7 Å². The second-order valence-corrected chi connectivity index (χ2v) is 6.64. The molecule has 0 fully saturated rings. The van der Waals surface area contributed by atoms with E-state index in [2.05, 4.69) is 20.8 Å². The highest BCUT2D eigenvalue weighted by atomic mass is 16.5. The van der Waals surface area contributed by atoms with Crippen LogP contribution >= 0.6 is 0 Å². The third kappa shape index (κ3) is 3.79. The van der Waals surface area contributed by atoms with E-state index in [1.54, 1.807) is 47.2 Å². The molecule has 0 aromatic carbocycles. The zero-order chi connectivity index (χ0) is 21.1. The molecule has 2 aliphatic heterocycles. The van der Waals surface area contributed by atoms with Gasteiger partial charge in [-0.15, -0.1) is 5.10 Å². The number of ether oxygens (including phenoxy) is 3. The van der Waals surface area contributed by atoms with Gasteiger partial charge in [-0.05, 0) is 19.1 Å². The number of fused-ring (bicyclic) bond motifs is 1. The van der Waals surface area contributed by atoms with Crippen LogP contribution in [0.25, 0.3) is 0 Å². The van der Waals surface area contributed by atoms with Gasteiger partial charge in [0.15, 0.2) is 17.8 Å². The number of methoxy groups -OCH3 is 2. The van der Waals surface area contributed by atoms with Crippen LogP contribution in [-0.4, -0.2) is 47.3 Å². The predicted molar refractivity (Wildman–Crippen MR) is 106 cm³/mol. The highest BCUT2D eigenvalue weighted by Gasteiger charge is 2.35. The van der Waals surface area contributed by atoms with Crippen molar-refractivity contribution in [3.8, 4) is 0 Å². The Morgan fingerprint density at radius 3 is 2.93 bits per heavy atom. The summed E-state index contributed by atoms with van der Waals surface area (Å²) in [6, 6.07) is 5.31. The molecule has 0 aliphatic carbocycles. The van der Waals surface area contributed by atoms with Crippen LogP contribution < -0.4 is 11.0 Å². The number of rotatable bonds is 7. The number of hydrazone groups is 2. The van der Waals surface area contributed by atoms with Gasteiger partial charge in [-0.2, -0.15) is 5.10 Å². The van der Waals surface area contributed by atoms with Gasteiger partial charge >= 0.3 is 0 Å². The van der Waals surface area contributed by atoms with E-state index in [0.717, 1.165) is 0 Å². The normalized spacial score (nSPS) is 17.6. The molecule has 1 N–H and O–H groups in total. The van der Waals surface area contributed by atoms with Crippen LogP contribution in [0.15, 0.2) is 55.8 Å². The molecule has 0 spiro atoms. The van der Waals surface area contributed by atoms with Crippen LogP contribution in [0, 0.1) is 6.92 Å². The van der Waals surface area contributed by atoms with Gasteiger partial charge < -0.3 is 23.3 Å². The number of nitrogens with one attached hydrogen (secondary N) is 1. The molecule has 0 saturated heterocycles. The van der Waals surface area contributed by atoms with Crippen molar-refractivity contribution in [2.75, 3.05) is 20.8 Å². The van der Waals surface area contributed by atoms with E-state index in [-0.39, 0.29) is 18.1 Å². The summed E-state index contributed by atoms with van der Waals surface area (Å²) in [5.41, 5.74) is 3.95. The van der Waals surface area contributed by atoms with Crippen molar-refractivity contribution in [1.29, 1.82) is 0 Å². The lowest BCUT2D eigenvalue weighted by atomic mass is 10.2. The Labute approximate surface area is 172 Å². The third-order valence-electron chi connectivity index (χ3n) is 4.60. The molecule has 0 amide bonds. The lowest BCUT2D eigenvalue weighted by Crippen LogP contribution is -2.34. The van der Waals surface area contributed by atoms with E-state index < -0.39 is 6.17 Å². The Kier molecular flexibility index (Phi) is 5.53. The molecule has 1 atom stereocenters.